The van der Waals surface area contributed by atoms with E-state index in [9.17, 15) is 4.79 Å². The molecule has 0 unspecified atom stereocenters. The maximum atomic E-state index is 12.3. The Labute approximate surface area is 166 Å². The zero-order chi connectivity index (χ0) is 19.8. The number of primary amides is 1. The minimum atomic E-state index is -0.535. The summed E-state index contributed by atoms with van der Waals surface area (Å²) in [5.41, 5.74) is 8.26. The summed E-state index contributed by atoms with van der Waals surface area (Å²) in [5.74, 6) is 1.11. The van der Waals surface area contributed by atoms with E-state index in [0.29, 0.717) is 39.4 Å². The van der Waals surface area contributed by atoms with Crippen molar-refractivity contribution >= 4 is 23.5 Å². The summed E-state index contributed by atoms with van der Waals surface area (Å²) < 4.78 is 6.99. The molecule has 1 aromatic heterocycles. The molecule has 7 nitrogen and oxygen atoms in total. The Morgan fingerprint density at radius 2 is 2.04 bits per heavy atom. The Balaban J connectivity index is 1.90. The monoisotopic (exact) mass is 395 g/mol. The predicted molar refractivity (Wildman–Crippen MR) is 107 cm³/mol. The molecular formula is C20H18ClN5O2. The summed E-state index contributed by atoms with van der Waals surface area (Å²) in [6.07, 6.45) is 0. The van der Waals surface area contributed by atoms with Crippen molar-refractivity contribution < 1.29 is 9.53 Å². The van der Waals surface area contributed by atoms with Crippen LogP contribution in [0.5, 0.6) is 5.75 Å². The summed E-state index contributed by atoms with van der Waals surface area (Å²) in [6, 6.07) is 14.2. The first-order valence-electron chi connectivity index (χ1n) is 8.62. The molecule has 28 heavy (non-hydrogen) atoms. The lowest BCUT2D eigenvalue weighted by molar-refractivity contribution is -0.115. The van der Waals surface area contributed by atoms with Gasteiger partial charge < -0.3 is 15.8 Å². The van der Waals surface area contributed by atoms with E-state index in [1.807, 2.05) is 42.5 Å². The van der Waals surface area contributed by atoms with E-state index < -0.39 is 11.9 Å². The molecular weight excluding hydrogens is 378 g/mol. The number of anilines is 1. The van der Waals surface area contributed by atoms with E-state index in [1.54, 1.807) is 24.8 Å². The molecule has 0 radical (unpaired) electrons. The van der Waals surface area contributed by atoms with Crippen LogP contribution in [0.2, 0.25) is 5.02 Å². The molecule has 0 aliphatic carbocycles. The number of nitrogens with two attached hydrogens (primary N) is 1. The van der Waals surface area contributed by atoms with Crippen molar-refractivity contribution in [1.29, 1.82) is 0 Å². The summed E-state index contributed by atoms with van der Waals surface area (Å²) in [5, 5.41) is 8.31. The predicted octanol–water partition coefficient (Wildman–Crippen LogP) is 3.38. The Hall–Kier alpha value is -3.32. The van der Waals surface area contributed by atoms with Crippen molar-refractivity contribution in [2.45, 2.75) is 13.0 Å². The molecule has 1 aliphatic heterocycles. The molecule has 0 bridgehead atoms. The van der Waals surface area contributed by atoms with Gasteiger partial charge in [-0.3, -0.25) is 4.79 Å². The molecule has 0 fully saturated rings. The van der Waals surface area contributed by atoms with Gasteiger partial charge in [0.05, 0.1) is 17.7 Å². The number of amides is 1. The molecule has 0 saturated carbocycles. The van der Waals surface area contributed by atoms with Gasteiger partial charge in [-0.05, 0) is 36.8 Å². The Kier molecular flexibility index (Phi) is 4.52. The smallest absolute Gasteiger partial charge is 0.248 e. The third-order valence-electron chi connectivity index (χ3n) is 4.64. The first-order chi connectivity index (χ1) is 13.5. The van der Waals surface area contributed by atoms with E-state index in [2.05, 4.69) is 15.4 Å². The minimum absolute atomic E-state index is 0.413. The SMILES string of the molecule is COc1cccc([C@@H]2C(C(N)=O)=C(C)Nc3nc(-c4ccccc4Cl)nn32)c1. The molecule has 3 aromatic rings. The van der Waals surface area contributed by atoms with Crippen molar-refractivity contribution in [2.75, 3.05) is 12.4 Å². The number of aromatic nitrogens is 3. The lowest BCUT2D eigenvalue weighted by Gasteiger charge is -2.27. The van der Waals surface area contributed by atoms with Crippen molar-refractivity contribution in [3.63, 3.8) is 0 Å². The van der Waals surface area contributed by atoms with E-state index in [-0.39, 0.29) is 0 Å². The normalized spacial score (nSPS) is 15.8. The largest absolute Gasteiger partial charge is 0.497 e. The number of hydrogen-bond acceptors (Lipinski definition) is 5. The van der Waals surface area contributed by atoms with Crippen molar-refractivity contribution in [3.8, 4) is 17.1 Å². The average molecular weight is 396 g/mol. The second-order valence-electron chi connectivity index (χ2n) is 6.39. The topological polar surface area (TPSA) is 95.1 Å². The molecule has 3 N–H and O–H groups in total. The second-order valence-corrected chi connectivity index (χ2v) is 6.80. The summed E-state index contributed by atoms with van der Waals surface area (Å²) in [6.45, 7) is 1.79. The number of rotatable bonds is 4. The standard InChI is InChI=1S/C20H18ClN5O2/c1-11-16(18(22)27)17(12-6-5-7-13(10-12)28-2)26-20(23-11)24-19(25-26)14-8-3-4-9-15(14)21/h3-10,17H,1-2H3,(H2,22,27)(H,23,24,25)/t17-/m1/s1. The van der Waals surface area contributed by atoms with Gasteiger partial charge in [0, 0.05) is 11.3 Å². The van der Waals surface area contributed by atoms with Crippen molar-refractivity contribution in [2.24, 2.45) is 5.73 Å². The number of nitrogens with one attached hydrogen (secondary N) is 1. The fourth-order valence-electron chi connectivity index (χ4n) is 3.35. The Morgan fingerprint density at radius 3 is 2.75 bits per heavy atom. The maximum absolute atomic E-state index is 12.3. The highest BCUT2D eigenvalue weighted by molar-refractivity contribution is 6.33. The molecule has 1 atom stereocenters. The highest BCUT2D eigenvalue weighted by atomic mass is 35.5. The number of methoxy groups -OCH3 is 1. The number of ether oxygens (including phenoxy) is 1. The number of carbonyl (C=O) groups excluding carboxylic acids is 1. The van der Waals surface area contributed by atoms with Crippen LogP contribution in [0.1, 0.15) is 18.5 Å². The van der Waals surface area contributed by atoms with Crippen LogP contribution < -0.4 is 15.8 Å². The molecule has 8 heteroatoms. The summed E-state index contributed by atoms with van der Waals surface area (Å²) >= 11 is 6.31. The quantitative estimate of drug-likeness (QED) is 0.706. The number of carbonyl (C=O) groups is 1. The van der Waals surface area contributed by atoms with Gasteiger partial charge in [0.25, 0.3) is 0 Å². The summed E-state index contributed by atoms with van der Waals surface area (Å²) in [4.78, 5) is 16.8. The molecule has 2 heterocycles. The van der Waals surface area contributed by atoms with Crippen LogP contribution in [0, 0.1) is 0 Å². The minimum Gasteiger partial charge on any atom is -0.497 e. The lowest BCUT2D eigenvalue weighted by Crippen LogP contribution is -2.31. The molecule has 0 spiro atoms. The average Bonchev–Trinajstić information content (AvgIpc) is 3.10. The van der Waals surface area contributed by atoms with Crippen LogP contribution in [0.25, 0.3) is 11.4 Å². The zero-order valence-electron chi connectivity index (χ0n) is 15.3. The van der Waals surface area contributed by atoms with Crippen LogP contribution in [-0.2, 0) is 4.79 Å². The van der Waals surface area contributed by atoms with Gasteiger partial charge in [0.2, 0.25) is 11.9 Å². The molecule has 4 rings (SSSR count). The number of fused-ring (bicyclic) bond motifs is 1. The van der Waals surface area contributed by atoms with Gasteiger partial charge in [-0.15, -0.1) is 5.10 Å². The number of benzene rings is 2. The number of nitrogens with zero attached hydrogens (tertiary/aromatic N) is 3. The van der Waals surface area contributed by atoms with E-state index in [4.69, 9.17) is 22.1 Å². The van der Waals surface area contributed by atoms with Gasteiger partial charge in [-0.1, -0.05) is 35.9 Å². The van der Waals surface area contributed by atoms with Crippen LogP contribution in [0.4, 0.5) is 5.95 Å². The van der Waals surface area contributed by atoms with E-state index in [1.165, 1.54) is 0 Å². The van der Waals surface area contributed by atoms with E-state index in [0.717, 1.165) is 5.56 Å². The van der Waals surface area contributed by atoms with Crippen molar-refractivity contribution in [1.82, 2.24) is 14.8 Å². The second kappa shape index (κ2) is 7.01. The lowest BCUT2D eigenvalue weighted by atomic mass is 9.95. The fraction of sp³-hybridized carbons (Fsp3) is 0.150. The van der Waals surface area contributed by atoms with Crippen LogP contribution in [0.3, 0.4) is 0 Å². The van der Waals surface area contributed by atoms with Crippen LogP contribution in [0.15, 0.2) is 59.8 Å². The molecule has 2 aromatic carbocycles. The summed E-state index contributed by atoms with van der Waals surface area (Å²) in [7, 11) is 1.59. The zero-order valence-corrected chi connectivity index (χ0v) is 16.1. The third kappa shape index (κ3) is 2.99. The number of halogens is 1. The third-order valence-corrected chi connectivity index (χ3v) is 4.97. The number of hydrogen-bond donors (Lipinski definition) is 2. The molecule has 0 saturated heterocycles. The molecule has 1 aliphatic rings. The Morgan fingerprint density at radius 1 is 1.25 bits per heavy atom. The van der Waals surface area contributed by atoms with Gasteiger partial charge >= 0.3 is 0 Å². The van der Waals surface area contributed by atoms with E-state index >= 15 is 0 Å². The van der Waals surface area contributed by atoms with Gasteiger partial charge in [0.15, 0.2) is 5.82 Å². The first kappa shape index (κ1) is 18.1. The van der Waals surface area contributed by atoms with Gasteiger partial charge in [0.1, 0.15) is 11.8 Å². The maximum Gasteiger partial charge on any atom is 0.248 e. The van der Waals surface area contributed by atoms with Crippen LogP contribution >= 0.6 is 11.6 Å². The Bertz CT molecular complexity index is 1110. The number of allylic oxidation sites excluding steroid dienone is 1. The van der Waals surface area contributed by atoms with Gasteiger partial charge in [-0.25, -0.2) is 4.68 Å². The fourth-order valence-corrected chi connectivity index (χ4v) is 3.57. The highest BCUT2D eigenvalue weighted by Crippen LogP contribution is 2.37. The van der Waals surface area contributed by atoms with Gasteiger partial charge in [-0.2, -0.15) is 4.98 Å². The van der Waals surface area contributed by atoms with Crippen LogP contribution in [-0.4, -0.2) is 27.8 Å². The van der Waals surface area contributed by atoms with Crippen molar-refractivity contribution in [3.05, 3.63) is 70.4 Å². The first-order valence-corrected chi connectivity index (χ1v) is 9.00. The molecule has 1 amide bonds. The highest BCUT2D eigenvalue weighted by Gasteiger charge is 2.33. The molecule has 142 valence electrons.